The second-order valence-corrected chi connectivity index (χ2v) is 10.4. The van der Waals surface area contributed by atoms with Crippen molar-refractivity contribution in [1.82, 2.24) is 14.5 Å². The fourth-order valence-corrected chi connectivity index (χ4v) is 6.08. The highest BCUT2D eigenvalue weighted by Gasteiger charge is 2.40. The maximum absolute atomic E-state index is 14.9. The highest BCUT2D eigenvalue weighted by molar-refractivity contribution is 7.98. The van der Waals surface area contributed by atoms with Crippen molar-refractivity contribution in [3.8, 4) is 21.9 Å². The molecule has 3 heterocycles. The van der Waals surface area contributed by atoms with Crippen LogP contribution in [0.4, 0.5) is 8.78 Å². The van der Waals surface area contributed by atoms with E-state index in [1.165, 1.54) is 29.6 Å². The summed E-state index contributed by atoms with van der Waals surface area (Å²) in [4.78, 5) is 5.10. The van der Waals surface area contributed by atoms with Gasteiger partial charge in [0.25, 0.3) is 0 Å². The lowest BCUT2D eigenvalue weighted by Gasteiger charge is -2.36. The van der Waals surface area contributed by atoms with Crippen molar-refractivity contribution in [2.45, 2.75) is 12.5 Å². The van der Waals surface area contributed by atoms with Gasteiger partial charge in [-0.1, -0.05) is 0 Å². The third-order valence-corrected chi connectivity index (χ3v) is 8.27. The van der Waals surface area contributed by atoms with Crippen LogP contribution in [0.1, 0.15) is 11.8 Å². The molecule has 0 fully saturated rings. The van der Waals surface area contributed by atoms with Crippen LogP contribution in [0.15, 0.2) is 40.1 Å². The SMILES string of the molecule is C=S1(=O)C[C@@](C)(c2sc(-c3cc(F)cc(-c4nnco4)c3)cc2F)N=C(N)N1C. The molecule has 2 atom stereocenters. The first kappa shape index (κ1) is 19.5. The minimum atomic E-state index is -2.75. The first-order valence-electron chi connectivity index (χ1n) is 8.40. The molecular formula is C18H17F2N5O2S2. The van der Waals surface area contributed by atoms with Crippen LogP contribution in [0, 0.1) is 11.6 Å². The van der Waals surface area contributed by atoms with Gasteiger partial charge in [-0.15, -0.1) is 21.5 Å². The zero-order valence-electron chi connectivity index (χ0n) is 15.6. The Kier molecular flexibility index (Phi) is 4.46. The van der Waals surface area contributed by atoms with Crippen molar-refractivity contribution >= 4 is 32.9 Å². The quantitative estimate of drug-likeness (QED) is 0.636. The van der Waals surface area contributed by atoms with Crippen molar-refractivity contribution in [2.24, 2.45) is 10.7 Å². The molecule has 1 aliphatic heterocycles. The van der Waals surface area contributed by atoms with Crippen LogP contribution in [0.25, 0.3) is 21.9 Å². The van der Waals surface area contributed by atoms with Crippen molar-refractivity contribution in [2.75, 3.05) is 12.8 Å². The zero-order chi connectivity index (χ0) is 21.0. The molecule has 0 saturated heterocycles. The molecule has 2 N–H and O–H groups in total. The Balaban J connectivity index is 1.80. The number of halogens is 2. The number of guanidine groups is 1. The Bertz CT molecular complexity index is 1220. The molecule has 29 heavy (non-hydrogen) atoms. The van der Waals surface area contributed by atoms with Crippen LogP contribution in [-0.4, -0.2) is 43.3 Å². The molecule has 0 saturated carbocycles. The molecule has 1 aliphatic rings. The lowest BCUT2D eigenvalue weighted by atomic mass is 10.0. The summed E-state index contributed by atoms with van der Waals surface area (Å²) in [6, 6.07) is 5.47. The Morgan fingerprint density at radius 3 is 2.69 bits per heavy atom. The van der Waals surface area contributed by atoms with E-state index in [4.69, 9.17) is 10.2 Å². The number of nitrogens with zero attached hydrogens (tertiary/aromatic N) is 4. The summed E-state index contributed by atoms with van der Waals surface area (Å²) < 4.78 is 48.3. The fraction of sp³-hybridized carbons (Fsp3) is 0.222. The van der Waals surface area contributed by atoms with Gasteiger partial charge < -0.3 is 10.2 Å². The van der Waals surface area contributed by atoms with Gasteiger partial charge >= 0.3 is 0 Å². The standard InChI is InChI=1S/C18H17F2N5O2S2/c1-18(8-29(3,26)25(2)17(21)23-18)15-13(20)7-14(28-15)10-4-11(6-12(19)5-10)16-24-22-9-27-16/h4-7,9H,3,8H2,1-2H3,(H2,21,23)/t18-,29?/m0/s1. The number of nitrogens with two attached hydrogens (primary N) is 1. The van der Waals surface area contributed by atoms with Gasteiger partial charge in [0, 0.05) is 17.5 Å². The van der Waals surface area contributed by atoms with E-state index in [1.807, 2.05) is 0 Å². The first-order valence-corrected chi connectivity index (χ1v) is 11.1. The van der Waals surface area contributed by atoms with Gasteiger partial charge in [-0.05, 0) is 42.6 Å². The molecule has 152 valence electrons. The minimum Gasteiger partial charge on any atom is -0.423 e. The highest BCUT2D eigenvalue weighted by atomic mass is 32.2. The number of rotatable bonds is 3. The van der Waals surface area contributed by atoms with E-state index >= 15 is 0 Å². The number of hydrogen-bond acceptors (Lipinski definition) is 7. The summed E-state index contributed by atoms with van der Waals surface area (Å²) in [6.45, 7) is 1.66. The van der Waals surface area contributed by atoms with Crippen LogP contribution in [0.3, 0.4) is 0 Å². The molecule has 2 aromatic heterocycles. The van der Waals surface area contributed by atoms with E-state index in [1.54, 1.807) is 13.0 Å². The van der Waals surface area contributed by atoms with Gasteiger partial charge in [0.05, 0.1) is 20.3 Å². The first-order chi connectivity index (χ1) is 13.6. The maximum Gasteiger partial charge on any atom is 0.247 e. The van der Waals surface area contributed by atoms with Crippen LogP contribution in [-0.2, 0) is 15.2 Å². The molecule has 0 bridgehead atoms. The Morgan fingerprint density at radius 1 is 1.31 bits per heavy atom. The van der Waals surface area contributed by atoms with Crippen LogP contribution < -0.4 is 5.73 Å². The third kappa shape index (κ3) is 3.40. The maximum atomic E-state index is 14.9. The molecule has 0 amide bonds. The molecule has 4 rings (SSSR count). The van der Waals surface area contributed by atoms with Crippen LogP contribution in [0.5, 0.6) is 0 Å². The molecule has 0 aliphatic carbocycles. The van der Waals surface area contributed by atoms with Gasteiger partial charge in [-0.2, -0.15) is 0 Å². The van der Waals surface area contributed by atoms with Crippen molar-refractivity contribution in [1.29, 1.82) is 0 Å². The Hall–Kier alpha value is -2.79. The predicted molar refractivity (Wildman–Crippen MR) is 110 cm³/mol. The van der Waals surface area contributed by atoms with E-state index in [9.17, 15) is 13.0 Å². The van der Waals surface area contributed by atoms with Crippen molar-refractivity contribution in [3.05, 3.63) is 47.2 Å². The normalized spacial score (nSPS) is 24.6. The minimum absolute atomic E-state index is 0.00442. The number of aromatic nitrogens is 2. The largest absolute Gasteiger partial charge is 0.423 e. The number of aliphatic imine (C=N–C) groups is 1. The van der Waals surface area contributed by atoms with Crippen molar-refractivity contribution < 1.29 is 17.4 Å². The lowest BCUT2D eigenvalue weighted by Crippen LogP contribution is -2.50. The molecule has 1 unspecified atom stereocenters. The molecule has 11 heteroatoms. The van der Waals surface area contributed by atoms with Crippen LogP contribution in [0.2, 0.25) is 0 Å². The predicted octanol–water partition coefficient (Wildman–Crippen LogP) is 2.85. The second-order valence-electron chi connectivity index (χ2n) is 6.92. The summed E-state index contributed by atoms with van der Waals surface area (Å²) in [5, 5.41) is 7.36. The molecule has 7 nitrogen and oxygen atoms in total. The van der Waals surface area contributed by atoms with Gasteiger partial charge in [0.2, 0.25) is 18.2 Å². The monoisotopic (exact) mass is 437 g/mol. The lowest BCUT2D eigenvalue weighted by molar-refractivity contribution is 0.493. The fourth-order valence-electron chi connectivity index (χ4n) is 3.21. The summed E-state index contributed by atoms with van der Waals surface area (Å²) in [6.07, 6.45) is 1.14. The highest BCUT2D eigenvalue weighted by Crippen LogP contribution is 2.42. The molecule has 3 aromatic rings. The van der Waals surface area contributed by atoms with E-state index in [2.05, 4.69) is 21.1 Å². The smallest absolute Gasteiger partial charge is 0.247 e. The summed E-state index contributed by atoms with van der Waals surface area (Å²) in [7, 11) is -1.21. The van der Waals surface area contributed by atoms with E-state index < -0.39 is 26.9 Å². The second kappa shape index (κ2) is 6.63. The zero-order valence-corrected chi connectivity index (χ0v) is 17.2. The summed E-state index contributed by atoms with van der Waals surface area (Å²) in [5.41, 5.74) is 5.57. The Morgan fingerprint density at radius 2 is 2.03 bits per heavy atom. The average Bonchev–Trinajstić information content (AvgIpc) is 3.29. The van der Waals surface area contributed by atoms with Gasteiger partial charge in [0.15, 0.2) is 0 Å². The molecule has 1 aromatic carbocycles. The van der Waals surface area contributed by atoms with Crippen molar-refractivity contribution in [3.63, 3.8) is 0 Å². The average molecular weight is 437 g/mol. The molecular weight excluding hydrogens is 420 g/mol. The molecule has 0 spiro atoms. The third-order valence-electron chi connectivity index (χ3n) is 4.65. The topological polar surface area (TPSA) is 97.6 Å². The van der Waals surface area contributed by atoms with E-state index in [-0.39, 0.29) is 22.5 Å². The Labute approximate surface area is 170 Å². The van der Waals surface area contributed by atoms with E-state index in [0.29, 0.717) is 16.0 Å². The van der Waals surface area contributed by atoms with E-state index in [0.717, 1.165) is 17.7 Å². The van der Waals surface area contributed by atoms with Crippen LogP contribution >= 0.6 is 11.3 Å². The summed E-state index contributed by atoms with van der Waals surface area (Å²) in [5.74, 6) is 2.85. The number of hydrogen-bond donors (Lipinski definition) is 1. The van der Waals surface area contributed by atoms with Gasteiger partial charge in [0.1, 0.15) is 17.2 Å². The molecule has 0 radical (unpaired) electrons. The summed E-state index contributed by atoms with van der Waals surface area (Å²) >= 11 is 1.09. The number of thiophene rings is 1. The van der Waals surface area contributed by atoms with Gasteiger partial charge in [-0.3, -0.25) is 4.31 Å². The number of benzene rings is 1. The van der Waals surface area contributed by atoms with Gasteiger partial charge in [-0.25, -0.2) is 18.0 Å².